The molecule has 0 aromatic rings. The van der Waals surface area contributed by atoms with E-state index < -0.39 is 0 Å². The van der Waals surface area contributed by atoms with E-state index in [2.05, 4.69) is 22.9 Å². The lowest BCUT2D eigenvalue weighted by Gasteiger charge is -2.21. The van der Waals surface area contributed by atoms with Crippen LogP contribution in [0.5, 0.6) is 0 Å². The first-order valence-electron chi connectivity index (χ1n) is 3.43. The van der Waals surface area contributed by atoms with Crippen molar-refractivity contribution in [1.29, 1.82) is 0 Å². The first kappa shape index (κ1) is 6.60. The molecule has 1 rings (SSSR count). The van der Waals surface area contributed by atoms with Crippen LogP contribution in [-0.4, -0.2) is 4.83 Å². The van der Waals surface area contributed by atoms with Crippen LogP contribution in [0.1, 0.15) is 32.6 Å². The molecule has 1 fully saturated rings. The molecule has 1 aliphatic carbocycles. The zero-order chi connectivity index (χ0) is 5.98. The van der Waals surface area contributed by atoms with Gasteiger partial charge in [-0.1, -0.05) is 22.9 Å². The van der Waals surface area contributed by atoms with Crippen molar-refractivity contribution in [1.82, 2.24) is 0 Å². The summed E-state index contributed by atoms with van der Waals surface area (Å²) in [6.45, 7) is 2.35. The van der Waals surface area contributed by atoms with Gasteiger partial charge in [0.1, 0.15) is 0 Å². The van der Waals surface area contributed by atoms with Crippen LogP contribution in [0.3, 0.4) is 0 Å². The molecule has 0 aliphatic heterocycles. The van der Waals surface area contributed by atoms with Crippen molar-refractivity contribution in [2.24, 2.45) is 5.92 Å². The number of hydrogen-bond acceptors (Lipinski definition) is 0. The molecule has 0 spiro atoms. The van der Waals surface area contributed by atoms with E-state index in [-0.39, 0.29) is 0 Å². The van der Waals surface area contributed by atoms with E-state index in [1.165, 1.54) is 25.7 Å². The molecule has 1 saturated carbocycles. The van der Waals surface area contributed by atoms with Gasteiger partial charge in [0.05, 0.1) is 0 Å². The minimum atomic E-state index is 0.832. The lowest BCUT2D eigenvalue weighted by molar-refractivity contribution is 0.396. The van der Waals surface area contributed by atoms with Gasteiger partial charge in [0.25, 0.3) is 0 Å². The second-order valence-corrected chi connectivity index (χ2v) is 4.15. The van der Waals surface area contributed by atoms with Gasteiger partial charge < -0.3 is 0 Å². The quantitative estimate of drug-likeness (QED) is 0.499. The Morgan fingerprint density at radius 3 is 2.00 bits per heavy atom. The molecule has 1 aliphatic rings. The molecule has 8 heavy (non-hydrogen) atoms. The van der Waals surface area contributed by atoms with Crippen LogP contribution < -0.4 is 0 Å². The number of halogens is 1. The number of rotatable bonds is 0. The van der Waals surface area contributed by atoms with Gasteiger partial charge in [0, 0.05) is 4.83 Å². The zero-order valence-corrected chi connectivity index (χ0v) is 6.95. The Kier molecular flexibility index (Phi) is 2.36. The highest BCUT2D eigenvalue weighted by atomic mass is 79.9. The number of alkyl halides is 1. The van der Waals surface area contributed by atoms with Crippen LogP contribution in [0.25, 0.3) is 0 Å². The summed E-state index contributed by atoms with van der Waals surface area (Å²) in [7, 11) is 0. The minimum Gasteiger partial charge on any atom is -0.0891 e. The Labute approximate surface area is 59.8 Å². The molecule has 0 atom stereocenters. The van der Waals surface area contributed by atoms with Gasteiger partial charge in [-0.05, 0) is 31.6 Å². The molecule has 1 heteroatoms. The zero-order valence-electron chi connectivity index (χ0n) is 5.36. The van der Waals surface area contributed by atoms with Crippen LogP contribution in [-0.2, 0) is 0 Å². The van der Waals surface area contributed by atoms with Crippen LogP contribution in [0.4, 0.5) is 0 Å². The summed E-state index contributed by atoms with van der Waals surface area (Å²) < 4.78 is 0. The predicted octanol–water partition coefficient (Wildman–Crippen LogP) is 2.96. The topological polar surface area (TPSA) is 0 Å². The second-order valence-electron chi connectivity index (χ2n) is 2.86. The molecule has 0 radical (unpaired) electrons. The molecule has 0 aromatic carbocycles. The van der Waals surface area contributed by atoms with Crippen molar-refractivity contribution >= 4 is 15.9 Å². The van der Waals surface area contributed by atoms with E-state index in [9.17, 15) is 0 Å². The van der Waals surface area contributed by atoms with Crippen molar-refractivity contribution in [2.75, 3.05) is 0 Å². The highest BCUT2D eigenvalue weighted by Crippen LogP contribution is 2.27. The Morgan fingerprint density at radius 1 is 1.12 bits per heavy atom. The summed E-state index contributed by atoms with van der Waals surface area (Å²) in [6, 6.07) is 0. The van der Waals surface area contributed by atoms with Gasteiger partial charge in [-0.2, -0.15) is 0 Å². The summed E-state index contributed by atoms with van der Waals surface area (Å²) in [4.78, 5) is 0.832. The maximum absolute atomic E-state index is 3.62. The molecular formula is C7H13Br. The molecule has 0 aromatic heterocycles. The molecule has 0 nitrogen and oxygen atoms in total. The van der Waals surface area contributed by atoms with E-state index in [1.54, 1.807) is 0 Å². The van der Waals surface area contributed by atoms with Crippen LogP contribution >= 0.6 is 15.9 Å². The van der Waals surface area contributed by atoms with Crippen LogP contribution in [0, 0.1) is 5.92 Å². The molecule has 0 amide bonds. The third-order valence-electron chi connectivity index (χ3n) is 1.95. The molecular weight excluding hydrogens is 164 g/mol. The Bertz CT molecular complexity index is 52.8. The summed E-state index contributed by atoms with van der Waals surface area (Å²) in [6.07, 6.45) is 5.63. The smallest absolute Gasteiger partial charge is 0.0146 e. The SMILES string of the molecule is CC1CCC(Br)CC1. The highest BCUT2D eigenvalue weighted by Gasteiger charge is 2.14. The fourth-order valence-electron chi connectivity index (χ4n) is 1.22. The molecule has 0 heterocycles. The molecule has 48 valence electrons. The van der Waals surface area contributed by atoms with Crippen molar-refractivity contribution in [3.05, 3.63) is 0 Å². The highest BCUT2D eigenvalue weighted by molar-refractivity contribution is 9.09. The van der Waals surface area contributed by atoms with Crippen LogP contribution in [0.15, 0.2) is 0 Å². The fourth-order valence-corrected chi connectivity index (χ4v) is 1.75. The molecule has 0 saturated heterocycles. The summed E-state index contributed by atoms with van der Waals surface area (Å²) in [5, 5.41) is 0. The largest absolute Gasteiger partial charge is 0.0891 e. The van der Waals surface area contributed by atoms with E-state index >= 15 is 0 Å². The Balaban J connectivity index is 2.19. The monoisotopic (exact) mass is 176 g/mol. The van der Waals surface area contributed by atoms with Gasteiger partial charge in [-0.3, -0.25) is 0 Å². The predicted molar refractivity (Wildman–Crippen MR) is 40.3 cm³/mol. The average Bonchev–Trinajstić information content (AvgIpc) is 1.77. The van der Waals surface area contributed by atoms with E-state index in [1.807, 2.05) is 0 Å². The van der Waals surface area contributed by atoms with E-state index in [0.29, 0.717) is 0 Å². The van der Waals surface area contributed by atoms with Gasteiger partial charge in [0.15, 0.2) is 0 Å². The average molecular weight is 177 g/mol. The standard InChI is InChI=1S/C7H13Br/c1-6-2-4-7(8)5-3-6/h6-7H,2-5H2,1H3. The Hall–Kier alpha value is 0.480. The third-order valence-corrected chi connectivity index (χ3v) is 2.86. The minimum absolute atomic E-state index is 0.832. The summed E-state index contributed by atoms with van der Waals surface area (Å²) >= 11 is 3.62. The van der Waals surface area contributed by atoms with Gasteiger partial charge in [-0.25, -0.2) is 0 Å². The lowest BCUT2D eigenvalue weighted by atomic mass is 9.91. The van der Waals surface area contributed by atoms with Gasteiger partial charge >= 0.3 is 0 Å². The maximum atomic E-state index is 3.62. The van der Waals surface area contributed by atoms with E-state index in [4.69, 9.17) is 0 Å². The van der Waals surface area contributed by atoms with Crippen molar-refractivity contribution in [2.45, 2.75) is 37.4 Å². The second kappa shape index (κ2) is 2.86. The first-order chi connectivity index (χ1) is 3.79. The van der Waals surface area contributed by atoms with E-state index in [0.717, 1.165) is 10.7 Å². The maximum Gasteiger partial charge on any atom is 0.0146 e. The van der Waals surface area contributed by atoms with Crippen molar-refractivity contribution in [3.8, 4) is 0 Å². The first-order valence-corrected chi connectivity index (χ1v) is 4.34. The number of hydrogen-bond donors (Lipinski definition) is 0. The van der Waals surface area contributed by atoms with Gasteiger partial charge in [0.2, 0.25) is 0 Å². The van der Waals surface area contributed by atoms with Crippen LogP contribution in [0.2, 0.25) is 0 Å². The summed E-state index contributed by atoms with van der Waals surface area (Å²) in [5.74, 6) is 0.990. The normalized spacial score (nSPS) is 39.8. The van der Waals surface area contributed by atoms with Crippen molar-refractivity contribution in [3.63, 3.8) is 0 Å². The lowest BCUT2D eigenvalue weighted by Crippen LogP contribution is -2.10. The molecule has 0 N–H and O–H groups in total. The molecule has 0 unspecified atom stereocenters. The van der Waals surface area contributed by atoms with Crippen molar-refractivity contribution < 1.29 is 0 Å². The third kappa shape index (κ3) is 1.77. The summed E-state index contributed by atoms with van der Waals surface area (Å²) in [5.41, 5.74) is 0. The Morgan fingerprint density at radius 2 is 1.62 bits per heavy atom. The fraction of sp³-hybridized carbons (Fsp3) is 1.00. The van der Waals surface area contributed by atoms with Gasteiger partial charge in [-0.15, -0.1) is 0 Å². The molecule has 0 bridgehead atoms.